The van der Waals surface area contributed by atoms with Crippen molar-refractivity contribution >= 4 is 51.5 Å². The standard InChI is InChI=1S/C43H45F4N3O10P2.3C2H6/c1-42(2)17-21(19-58-61(54)55)25-15-27-30(31-32(34(45)36(47)35(46)33(31)44)41(53)48(5)12-8-11-29(51)52)28-16-26-22(20-59-62(56)57)18-43(3,4)50-14-7-10-24(38(26)50)40(28)60-39(27)23-9-6-13-49(42)37(23)25;3*1-2/h15-18,54-57H,6-14,19-20H2,1-5H3;3*1-2H3/p+1. The number of hydrogen-bond acceptors (Lipinski definition) is 10. The van der Waals surface area contributed by atoms with Crippen LogP contribution in [0.15, 0.2) is 24.3 Å². The second-order valence-corrected chi connectivity index (χ2v) is 18.7. The van der Waals surface area contributed by atoms with Gasteiger partial charge in [0.15, 0.2) is 28.8 Å². The number of aliphatic carboxylic acids is 1. The molecule has 5 aliphatic heterocycles. The lowest BCUT2D eigenvalue weighted by atomic mass is 9.78. The van der Waals surface area contributed by atoms with Crippen LogP contribution in [0, 0.1) is 23.3 Å². The smallest absolute Gasteiger partial charge is 0.327 e. The highest BCUT2D eigenvalue weighted by atomic mass is 31.2. The van der Waals surface area contributed by atoms with Gasteiger partial charge in [-0.1, -0.05) is 47.6 Å². The van der Waals surface area contributed by atoms with Crippen LogP contribution < -0.4 is 24.8 Å². The van der Waals surface area contributed by atoms with Crippen LogP contribution in [-0.4, -0.2) is 92.4 Å². The minimum Gasteiger partial charge on any atom is -0.481 e. The van der Waals surface area contributed by atoms with Gasteiger partial charge in [-0.15, -0.1) is 0 Å². The summed E-state index contributed by atoms with van der Waals surface area (Å²) in [5, 5.41) is 10.1. The van der Waals surface area contributed by atoms with E-state index in [0.717, 1.165) is 15.9 Å². The van der Waals surface area contributed by atoms with Crippen LogP contribution in [-0.2, 0) is 26.7 Å². The van der Waals surface area contributed by atoms with Crippen LogP contribution in [0.2, 0.25) is 0 Å². The first-order chi connectivity index (χ1) is 32.2. The zero-order valence-electron chi connectivity index (χ0n) is 40.6. The van der Waals surface area contributed by atoms with Crippen molar-refractivity contribution in [2.45, 2.75) is 119 Å². The topological polar surface area (TPSA) is 172 Å². The number of nitrogens with zero attached hydrogens (tertiary/aromatic N) is 3. The van der Waals surface area contributed by atoms with Crippen LogP contribution >= 0.6 is 17.2 Å². The summed E-state index contributed by atoms with van der Waals surface area (Å²) < 4.78 is 85.0. The maximum Gasteiger partial charge on any atom is 0.327 e. The molecule has 5 aliphatic rings. The monoisotopic (exact) mass is 992 g/mol. The van der Waals surface area contributed by atoms with E-state index in [1.807, 2.05) is 81.4 Å². The lowest BCUT2D eigenvalue weighted by Gasteiger charge is -2.47. The number of anilines is 1. The second kappa shape index (κ2) is 22.2. The fraction of sp³-hybridized carbons (Fsp3) is 0.490. The van der Waals surface area contributed by atoms with Gasteiger partial charge in [0.05, 0.1) is 41.1 Å². The van der Waals surface area contributed by atoms with E-state index in [-0.39, 0.29) is 60.5 Å². The summed E-state index contributed by atoms with van der Waals surface area (Å²) >= 11 is 0. The van der Waals surface area contributed by atoms with Crippen molar-refractivity contribution in [3.8, 4) is 11.5 Å². The van der Waals surface area contributed by atoms with Crippen LogP contribution in [0.3, 0.4) is 0 Å². The van der Waals surface area contributed by atoms with E-state index in [4.69, 9.17) is 13.8 Å². The highest BCUT2D eigenvalue weighted by molar-refractivity contribution is 7.39. The molecule has 1 amide bonds. The van der Waals surface area contributed by atoms with Crippen molar-refractivity contribution in [3.05, 3.63) is 97.1 Å². The molecule has 0 saturated carbocycles. The minimum atomic E-state index is -2.79. The first kappa shape index (κ1) is 54.6. The van der Waals surface area contributed by atoms with E-state index in [1.54, 1.807) is 12.1 Å². The lowest BCUT2D eigenvalue weighted by molar-refractivity contribution is -0.137. The minimum absolute atomic E-state index is 0.0798. The third-order valence-corrected chi connectivity index (χ3v) is 13.1. The van der Waals surface area contributed by atoms with Gasteiger partial charge in [-0.2, -0.15) is 0 Å². The zero-order chi connectivity index (χ0) is 50.7. The number of amides is 1. The van der Waals surface area contributed by atoms with E-state index in [2.05, 4.69) is 9.48 Å². The normalized spacial score (nSPS) is 16.5. The van der Waals surface area contributed by atoms with E-state index in [0.29, 0.717) is 72.2 Å². The van der Waals surface area contributed by atoms with Gasteiger partial charge in [-0.3, -0.25) is 9.59 Å². The molecule has 0 aromatic heterocycles. The molecule has 8 rings (SSSR count). The molecule has 0 spiro atoms. The summed E-state index contributed by atoms with van der Waals surface area (Å²) in [6, 6.07) is 3.25. The van der Waals surface area contributed by atoms with Gasteiger partial charge in [-0.25, -0.2) is 22.1 Å². The number of fused-ring (bicyclic) bond motifs is 4. The molecule has 5 heterocycles. The van der Waals surface area contributed by atoms with Crippen molar-refractivity contribution in [3.63, 3.8) is 0 Å². The summed E-state index contributed by atoms with van der Waals surface area (Å²) in [7, 11) is -4.36. The molecule has 0 saturated heterocycles. The van der Waals surface area contributed by atoms with Gasteiger partial charge in [0.25, 0.3) is 5.91 Å². The molecule has 68 heavy (non-hydrogen) atoms. The van der Waals surface area contributed by atoms with Crippen LogP contribution in [0.1, 0.15) is 139 Å². The Morgan fingerprint density at radius 1 is 0.794 bits per heavy atom. The van der Waals surface area contributed by atoms with Crippen molar-refractivity contribution in [1.29, 1.82) is 0 Å². The molecule has 0 fully saturated rings. The summed E-state index contributed by atoms with van der Waals surface area (Å²) in [5.41, 5.74) is 0.791. The number of carbonyl (C=O) groups is 2. The number of benzene rings is 3. The molecule has 372 valence electrons. The molecule has 0 atom stereocenters. The highest BCUT2D eigenvalue weighted by Crippen LogP contribution is 2.53. The largest absolute Gasteiger partial charge is 0.481 e. The Morgan fingerprint density at radius 3 is 1.99 bits per heavy atom. The predicted molar refractivity (Wildman–Crippen MR) is 257 cm³/mol. The number of hydrogen-bond donors (Lipinski definition) is 5. The van der Waals surface area contributed by atoms with Crippen LogP contribution in [0.5, 0.6) is 11.5 Å². The van der Waals surface area contributed by atoms with E-state index >= 15 is 17.6 Å². The molecule has 3 aromatic rings. The summed E-state index contributed by atoms with van der Waals surface area (Å²) in [6.45, 7) is 20.4. The van der Waals surface area contributed by atoms with Crippen molar-refractivity contribution < 1.29 is 65.6 Å². The third-order valence-electron chi connectivity index (χ3n) is 12.4. The van der Waals surface area contributed by atoms with Crippen molar-refractivity contribution in [2.75, 3.05) is 44.8 Å². The third kappa shape index (κ3) is 10.1. The van der Waals surface area contributed by atoms with Gasteiger partial charge in [0, 0.05) is 79.9 Å². The van der Waals surface area contributed by atoms with Gasteiger partial charge in [0.1, 0.15) is 18.0 Å². The van der Waals surface area contributed by atoms with E-state index < -0.39 is 74.6 Å². The number of halogens is 4. The maximum atomic E-state index is 17.1. The Kier molecular flexibility index (Phi) is 17.8. The summed E-state index contributed by atoms with van der Waals surface area (Å²) in [5.74, 6) is -10.1. The van der Waals surface area contributed by atoms with E-state index in [1.165, 1.54) is 7.05 Å². The molecule has 13 nitrogen and oxygen atoms in total. The summed E-state index contributed by atoms with van der Waals surface area (Å²) in [4.78, 5) is 68.0. The van der Waals surface area contributed by atoms with Crippen molar-refractivity contribution in [2.24, 2.45) is 0 Å². The first-order valence-electron chi connectivity index (χ1n) is 23.1. The Hall–Kier alpha value is -4.31. The average Bonchev–Trinajstić information content (AvgIpc) is 3.31. The number of rotatable bonds is 12. The second-order valence-electron chi connectivity index (χ2n) is 17.2. The van der Waals surface area contributed by atoms with Crippen LogP contribution in [0.25, 0.3) is 16.7 Å². The lowest BCUT2D eigenvalue weighted by Crippen LogP contribution is -2.53. The van der Waals surface area contributed by atoms with Gasteiger partial charge in [0.2, 0.25) is 5.36 Å². The predicted octanol–water partition coefficient (Wildman–Crippen LogP) is 8.61. The van der Waals surface area contributed by atoms with Gasteiger partial charge in [-0.05, 0) is 68.9 Å². The Balaban J connectivity index is 0.00000139. The zero-order valence-corrected chi connectivity index (χ0v) is 42.4. The molecular formula is C49H64F4N3O10P2+. The summed E-state index contributed by atoms with van der Waals surface area (Å²) in [6.07, 6.45) is 5.50. The highest BCUT2D eigenvalue weighted by Gasteiger charge is 2.44. The van der Waals surface area contributed by atoms with E-state index in [9.17, 15) is 34.3 Å². The van der Waals surface area contributed by atoms with Crippen LogP contribution in [0.4, 0.5) is 23.2 Å². The average molecular weight is 993 g/mol. The van der Waals surface area contributed by atoms with Gasteiger partial charge < -0.3 is 48.3 Å². The van der Waals surface area contributed by atoms with Crippen molar-refractivity contribution in [1.82, 2.24) is 9.48 Å². The molecule has 0 bridgehead atoms. The fourth-order valence-electron chi connectivity index (χ4n) is 9.80. The molecule has 0 unspecified atom stereocenters. The number of ether oxygens (including phenoxy) is 1. The maximum absolute atomic E-state index is 17.1. The number of carboxylic acid groups (broad SMARTS) is 1. The molecule has 3 aromatic carbocycles. The Bertz CT molecular complexity index is 2650. The number of carbonyl (C=O) groups excluding carboxylic acids is 1. The SMILES string of the molecule is CC.CC.CC.CN(CCCC(=O)O)C(=O)c1c(F)c(F)c(F)c(F)c1C1=c2cc3c4c(c2Oc2c1cc1c5c2CCCN5C(C)(C)C=C1COP(O)O)CCC[N+]=4C(C)(C)C=C3COP(O)O. The Labute approximate surface area is 397 Å². The molecule has 0 radical (unpaired) electrons. The quantitative estimate of drug-likeness (QED) is 0.0303. The number of carboxylic acids is 1. The molecule has 5 N–H and O–H groups in total. The Morgan fingerprint density at radius 2 is 1.38 bits per heavy atom. The molecular weight excluding hydrogens is 928 g/mol. The molecule has 19 heteroatoms. The fourth-order valence-corrected chi connectivity index (χ4v) is 10.3. The first-order valence-corrected chi connectivity index (χ1v) is 25.5. The molecule has 0 aliphatic carbocycles. The van der Waals surface area contributed by atoms with Gasteiger partial charge >= 0.3 is 23.2 Å².